The highest BCUT2D eigenvalue weighted by Crippen LogP contribution is 2.02. The van der Waals surface area contributed by atoms with Crippen LogP contribution in [0.2, 0.25) is 0 Å². The Morgan fingerprint density at radius 2 is 1.89 bits per heavy atom. The number of rotatable bonds is 3. The second-order valence-electron chi connectivity index (χ2n) is 3.01. The first-order chi connectivity index (χ1) is 4.13. The fourth-order valence-electron chi connectivity index (χ4n) is 0.583. The van der Waals surface area contributed by atoms with Gasteiger partial charge in [-0.2, -0.15) is 0 Å². The van der Waals surface area contributed by atoms with E-state index in [9.17, 15) is 0 Å². The van der Waals surface area contributed by atoms with Gasteiger partial charge in [0.1, 0.15) is 0 Å². The van der Waals surface area contributed by atoms with Crippen LogP contribution in [0.15, 0.2) is 12.2 Å². The minimum Gasteiger partial charge on any atom is -0.0880 e. The molecule has 0 saturated heterocycles. The van der Waals surface area contributed by atoms with Crippen molar-refractivity contribution in [3.05, 3.63) is 19.1 Å². The van der Waals surface area contributed by atoms with E-state index in [0.29, 0.717) is 11.8 Å². The van der Waals surface area contributed by atoms with E-state index in [1.165, 1.54) is 0 Å². The van der Waals surface area contributed by atoms with E-state index in [2.05, 4.69) is 39.8 Å². The predicted octanol–water partition coefficient (Wildman–Crippen LogP) is 3.06. The lowest BCUT2D eigenvalue weighted by atomic mass is 10.1. The van der Waals surface area contributed by atoms with E-state index in [1.807, 2.05) is 0 Å². The zero-order valence-corrected chi connectivity index (χ0v) is 6.72. The smallest absolute Gasteiger partial charge is 0.0290 e. The Hall–Kier alpha value is -0.260. The Balaban J connectivity index is 3.25. The van der Waals surface area contributed by atoms with Crippen LogP contribution >= 0.6 is 0 Å². The van der Waals surface area contributed by atoms with Crippen LogP contribution in [-0.2, 0) is 0 Å². The predicted molar refractivity (Wildman–Crippen MR) is 43.1 cm³/mol. The van der Waals surface area contributed by atoms with Crippen molar-refractivity contribution in [3.63, 3.8) is 0 Å². The van der Waals surface area contributed by atoms with Gasteiger partial charge in [-0.05, 0) is 18.3 Å². The summed E-state index contributed by atoms with van der Waals surface area (Å²) in [5.41, 5.74) is 0. The largest absolute Gasteiger partial charge is 0.0880 e. The van der Waals surface area contributed by atoms with Gasteiger partial charge in [-0.15, -0.1) is 0 Å². The summed E-state index contributed by atoms with van der Waals surface area (Å²) in [4.78, 5) is 0. The van der Waals surface area contributed by atoms with Crippen LogP contribution in [0.1, 0.15) is 27.2 Å². The molecule has 0 aromatic carbocycles. The third kappa shape index (κ3) is 7.74. The highest BCUT2D eigenvalue weighted by molar-refractivity contribution is 4.85. The molecule has 0 rings (SSSR count). The Morgan fingerprint density at radius 1 is 1.33 bits per heavy atom. The van der Waals surface area contributed by atoms with Gasteiger partial charge in [-0.25, -0.2) is 0 Å². The Labute approximate surface area is 59.0 Å². The van der Waals surface area contributed by atoms with Crippen LogP contribution < -0.4 is 0 Å². The van der Waals surface area contributed by atoms with Crippen molar-refractivity contribution in [2.24, 2.45) is 11.8 Å². The van der Waals surface area contributed by atoms with Crippen molar-refractivity contribution in [2.75, 3.05) is 0 Å². The molecule has 0 heteroatoms. The van der Waals surface area contributed by atoms with Crippen molar-refractivity contribution < 1.29 is 0 Å². The van der Waals surface area contributed by atoms with Crippen LogP contribution in [0.4, 0.5) is 0 Å². The molecular weight excluding hydrogens is 108 g/mol. The lowest BCUT2D eigenvalue weighted by Crippen LogP contribution is -1.83. The molecule has 0 aliphatic rings. The number of hydrogen-bond donors (Lipinski definition) is 0. The van der Waals surface area contributed by atoms with E-state index in [4.69, 9.17) is 0 Å². The molecule has 0 amide bonds. The maximum atomic E-state index is 3.88. The Kier molecular flexibility index (Phi) is 4.47. The summed E-state index contributed by atoms with van der Waals surface area (Å²) in [6, 6.07) is 0. The summed E-state index contributed by atoms with van der Waals surface area (Å²) >= 11 is 0. The zero-order chi connectivity index (χ0) is 7.28. The van der Waals surface area contributed by atoms with Crippen molar-refractivity contribution in [1.29, 1.82) is 0 Å². The summed E-state index contributed by atoms with van der Waals surface area (Å²) < 4.78 is 0. The summed E-state index contributed by atoms with van der Waals surface area (Å²) in [5.74, 6) is 1.24. The van der Waals surface area contributed by atoms with Crippen LogP contribution in [0.3, 0.4) is 0 Å². The standard InChI is InChI=1S/C9H17/c1-8(2)6-5-7-9(3)4/h5,7-9H,1,6H2,2-4H3/b7-5+. The third-order valence-electron chi connectivity index (χ3n) is 1.06. The minimum absolute atomic E-state index is 0.556. The highest BCUT2D eigenvalue weighted by Gasteiger charge is 1.87. The molecule has 0 heterocycles. The average Bonchev–Trinajstić information content (AvgIpc) is 1.63. The molecule has 1 radical (unpaired) electrons. The molecule has 0 bridgehead atoms. The molecule has 0 saturated carbocycles. The van der Waals surface area contributed by atoms with Crippen LogP contribution in [0, 0.1) is 18.8 Å². The fraction of sp³-hybridized carbons (Fsp3) is 0.667. The monoisotopic (exact) mass is 125 g/mol. The zero-order valence-electron chi connectivity index (χ0n) is 6.72. The van der Waals surface area contributed by atoms with Gasteiger partial charge in [0.15, 0.2) is 0 Å². The highest BCUT2D eigenvalue weighted by atomic mass is 13.9. The molecular formula is C9H17. The van der Waals surface area contributed by atoms with Crippen LogP contribution in [0.25, 0.3) is 0 Å². The van der Waals surface area contributed by atoms with Gasteiger partial charge < -0.3 is 0 Å². The van der Waals surface area contributed by atoms with Crippen molar-refractivity contribution in [3.8, 4) is 0 Å². The first kappa shape index (κ1) is 8.74. The van der Waals surface area contributed by atoms with E-state index >= 15 is 0 Å². The van der Waals surface area contributed by atoms with Crippen molar-refractivity contribution in [2.45, 2.75) is 27.2 Å². The maximum absolute atomic E-state index is 3.88. The van der Waals surface area contributed by atoms with Gasteiger partial charge in [0.2, 0.25) is 0 Å². The molecule has 0 aliphatic heterocycles. The quantitative estimate of drug-likeness (QED) is 0.508. The van der Waals surface area contributed by atoms with Crippen molar-refractivity contribution in [1.82, 2.24) is 0 Å². The molecule has 1 atom stereocenters. The second-order valence-corrected chi connectivity index (χ2v) is 3.01. The molecule has 9 heavy (non-hydrogen) atoms. The summed E-state index contributed by atoms with van der Waals surface area (Å²) in [5, 5.41) is 0. The summed E-state index contributed by atoms with van der Waals surface area (Å²) in [6.07, 6.45) is 5.54. The van der Waals surface area contributed by atoms with Crippen LogP contribution in [-0.4, -0.2) is 0 Å². The average molecular weight is 125 g/mol. The lowest BCUT2D eigenvalue weighted by molar-refractivity contribution is 0.729. The van der Waals surface area contributed by atoms with E-state index in [-0.39, 0.29) is 0 Å². The first-order valence-corrected chi connectivity index (χ1v) is 3.62. The van der Waals surface area contributed by atoms with Gasteiger partial charge in [-0.1, -0.05) is 39.8 Å². The summed E-state index contributed by atoms with van der Waals surface area (Å²) in [6.45, 7) is 10.4. The fourth-order valence-corrected chi connectivity index (χ4v) is 0.583. The second kappa shape index (κ2) is 4.60. The SMILES string of the molecule is [CH2]C(C)C/C=C/C(C)C. The van der Waals surface area contributed by atoms with Gasteiger partial charge in [0.05, 0.1) is 0 Å². The topological polar surface area (TPSA) is 0 Å². The summed E-state index contributed by atoms with van der Waals surface area (Å²) in [7, 11) is 0. The molecule has 0 fully saturated rings. The normalized spacial score (nSPS) is 12.2. The van der Waals surface area contributed by atoms with E-state index in [1.54, 1.807) is 0 Å². The number of hydrogen-bond acceptors (Lipinski definition) is 0. The van der Waals surface area contributed by atoms with Crippen molar-refractivity contribution >= 4 is 0 Å². The molecule has 0 aromatic heterocycles. The van der Waals surface area contributed by atoms with E-state index < -0.39 is 0 Å². The molecule has 0 N–H and O–H groups in total. The van der Waals surface area contributed by atoms with Gasteiger partial charge in [0, 0.05) is 0 Å². The third-order valence-corrected chi connectivity index (χ3v) is 1.06. The maximum Gasteiger partial charge on any atom is -0.0290 e. The molecule has 0 nitrogen and oxygen atoms in total. The first-order valence-electron chi connectivity index (χ1n) is 3.62. The molecule has 53 valence electrons. The van der Waals surface area contributed by atoms with E-state index in [0.717, 1.165) is 6.42 Å². The Morgan fingerprint density at radius 3 is 2.22 bits per heavy atom. The number of allylic oxidation sites excluding steroid dienone is 2. The molecule has 0 spiro atoms. The van der Waals surface area contributed by atoms with Gasteiger partial charge >= 0.3 is 0 Å². The molecule has 0 aliphatic carbocycles. The lowest BCUT2D eigenvalue weighted by Gasteiger charge is -1.97. The Bertz CT molecular complexity index is 78.0. The molecule has 1 unspecified atom stereocenters. The minimum atomic E-state index is 0.556. The van der Waals surface area contributed by atoms with Gasteiger partial charge in [0.25, 0.3) is 0 Å². The molecule has 0 aromatic rings. The van der Waals surface area contributed by atoms with Gasteiger partial charge in [-0.3, -0.25) is 0 Å². The van der Waals surface area contributed by atoms with Crippen LogP contribution in [0.5, 0.6) is 0 Å².